The predicted octanol–water partition coefficient (Wildman–Crippen LogP) is 3.37. The van der Waals surface area contributed by atoms with Gasteiger partial charge in [0.1, 0.15) is 5.75 Å². The van der Waals surface area contributed by atoms with Gasteiger partial charge in [-0.2, -0.15) is 5.10 Å². The highest BCUT2D eigenvalue weighted by molar-refractivity contribution is 7.80. The second-order valence-electron chi connectivity index (χ2n) is 7.98. The molecule has 202 valence electrons. The smallest absolute Gasteiger partial charge is 0.338 e. The van der Waals surface area contributed by atoms with Gasteiger partial charge in [0.25, 0.3) is 5.91 Å². The number of ether oxygens (including phenoxy) is 4. The van der Waals surface area contributed by atoms with Gasteiger partial charge in [0, 0.05) is 11.3 Å². The van der Waals surface area contributed by atoms with Gasteiger partial charge in [0.2, 0.25) is 0 Å². The Bertz CT molecular complexity index is 1230. The van der Waals surface area contributed by atoms with E-state index >= 15 is 0 Å². The Morgan fingerprint density at radius 2 is 1.74 bits per heavy atom. The Hall–Kier alpha value is -4.12. The summed E-state index contributed by atoms with van der Waals surface area (Å²) < 4.78 is 22.2. The molecular formula is C27H32N4O6S. The molecule has 2 aromatic carbocycles. The van der Waals surface area contributed by atoms with Crippen molar-refractivity contribution in [3.05, 3.63) is 64.9 Å². The van der Waals surface area contributed by atoms with E-state index in [0.29, 0.717) is 52.4 Å². The fourth-order valence-electron chi connectivity index (χ4n) is 3.76. The molecular weight excluding hydrogens is 508 g/mol. The average molecular weight is 541 g/mol. The summed E-state index contributed by atoms with van der Waals surface area (Å²) in [4.78, 5) is 25.1. The average Bonchev–Trinajstić information content (AvgIpc) is 2.89. The standard InChI is InChI=1S/C27H32N4O6S/c1-5-34-21-13-12-18(14-22(21)35-6-2)15-28-31-23(32)16-37-20-11-9-8-10-19(20)25-24(26(33)36-7-3)17(4)29-27(38)30-25/h8-15,25H,5-7,16H2,1-4H3,(H,31,32)(H2,29,30,38)/t25-/m1/s1. The molecule has 1 atom stereocenters. The first-order valence-electron chi connectivity index (χ1n) is 12.3. The summed E-state index contributed by atoms with van der Waals surface area (Å²) >= 11 is 5.30. The van der Waals surface area contributed by atoms with Gasteiger partial charge in [0.15, 0.2) is 23.2 Å². The van der Waals surface area contributed by atoms with E-state index in [1.54, 1.807) is 44.2 Å². The first kappa shape index (κ1) is 28.5. The number of para-hydroxylation sites is 1. The molecule has 1 amide bonds. The molecule has 11 heteroatoms. The van der Waals surface area contributed by atoms with Crippen LogP contribution in [0.15, 0.2) is 58.8 Å². The Balaban J connectivity index is 1.68. The Labute approximate surface area is 227 Å². The number of hydrazone groups is 1. The maximum absolute atomic E-state index is 12.7. The lowest BCUT2D eigenvalue weighted by Crippen LogP contribution is -2.45. The number of thiocarbonyl (C=S) groups is 1. The van der Waals surface area contributed by atoms with Gasteiger partial charge in [-0.3, -0.25) is 4.79 Å². The molecule has 3 N–H and O–H groups in total. The Morgan fingerprint density at radius 3 is 2.47 bits per heavy atom. The van der Waals surface area contributed by atoms with Crippen LogP contribution < -0.4 is 30.3 Å². The van der Waals surface area contributed by atoms with Crippen molar-refractivity contribution in [2.45, 2.75) is 33.7 Å². The summed E-state index contributed by atoms with van der Waals surface area (Å²) in [7, 11) is 0. The van der Waals surface area contributed by atoms with Crippen LogP contribution in [-0.4, -0.2) is 49.6 Å². The topological polar surface area (TPSA) is 120 Å². The fourth-order valence-corrected chi connectivity index (χ4v) is 4.03. The van der Waals surface area contributed by atoms with Crippen molar-refractivity contribution in [3.8, 4) is 17.2 Å². The van der Waals surface area contributed by atoms with E-state index in [9.17, 15) is 9.59 Å². The first-order valence-corrected chi connectivity index (χ1v) is 12.7. The minimum absolute atomic E-state index is 0.231. The lowest BCUT2D eigenvalue weighted by atomic mass is 9.95. The van der Waals surface area contributed by atoms with Crippen LogP contribution in [-0.2, 0) is 14.3 Å². The van der Waals surface area contributed by atoms with E-state index in [-0.39, 0.29) is 13.2 Å². The molecule has 0 saturated heterocycles. The number of allylic oxidation sites excluding steroid dienone is 1. The maximum atomic E-state index is 12.7. The molecule has 0 unspecified atom stereocenters. The van der Waals surface area contributed by atoms with E-state index in [4.69, 9.17) is 31.2 Å². The van der Waals surface area contributed by atoms with Crippen LogP contribution in [0.1, 0.15) is 44.9 Å². The van der Waals surface area contributed by atoms with E-state index in [1.807, 2.05) is 26.0 Å². The zero-order chi connectivity index (χ0) is 27.5. The van der Waals surface area contributed by atoms with Crippen LogP contribution in [0.2, 0.25) is 0 Å². The molecule has 0 radical (unpaired) electrons. The van der Waals surface area contributed by atoms with Gasteiger partial charge in [-0.25, -0.2) is 10.2 Å². The third-order valence-electron chi connectivity index (χ3n) is 5.32. The predicted molar refractivity (Wildman–Crippen MR) is 147 cm³/mol. The first-order chi connectivity index (χ1) is 18.4. The monoisotopic (exact) mass is 540 g/mol. The summed E-state index contributed by atoms with van der Waals surface area (Å²) in [6.07, 6.45) is 1.50. The number of hydrogen-bond acceptors (Lipinski definition) is 8. The van der Waals surface area contributed by atoms with Crippen molar-refractivity contribution < 1.29 is 28.5 Å². The highest BCUT2D eigenvalue weighted by Gasteiger charge is 2.32. The largest absolute Gasteiger partial charge is 0.490 e. The van der Waals surface area contributed by atoms with Crippen molar-refractivity contribution in [3.63, 3.8) is 0 Å². The molecule has 0 aromatic heterocycles. The molecule has 0 saturated carbocycles. The van der Waals surface area contributed by atoms with Crippen LogP contribution >= 0.6 is 12.2 Å². The van der Waals surface area contributed by atoms with Gasteiger partial charge in [-0.05, 0) is 69.7 Å². The van der Waals surface area contributed by atoms with Gasteiger partial charge in [-0.15, -0.1) is 0 Å². The number of rotatable bonds is 12. The second kappa shape index (κ2) is 14.0. The number of amides is 1. The Morgan fingerprint density at radius 1 is 1.00 bits per heavy atom. The van der Waals surface area contributed by atoms with Crippen molar-refractivity contribution in [1.82, 2.24) is 16.1 Å². The van der Waals surface area contributed by atoms with Gasteiger partial charge in [0.05, 0.1) is 37.7 Å². The molecule has 0 spiro atoms. The lowest BCUT2D eigenvalue weighted by Gasteiger charge is -2.30. The zero-order valence-electron chi connectivity index (χ0n) is 21.8. The number of carbonyl (C=O) groups is 2. The van der Waals surface area contributed by atoms with Crippen LogP contribution in [0, 0.1) is 0 Å². The molecule has 1 heterocycles. The van der Waals surface area contributed by atoms with Crippen molar-refractivity contribution in [1.29, 1.82) is 0 Å². The third kappa shape index (κ3) is 7.45. The number of esters is 1. The van der Waals surface area contributed by atoms with Crippen LogP contribution in [0.4, 0.5) is 0 Å². The molecule has 0 bridgehead atoms. The molecule has 1 aliphatic rings. The number of nitrogens with one attached hydrogen (secondary N) is 3. The molecule has 3 rings (SSSR count). The van der Waals surface area contributed by atoms with Crippen molar-refractivity contribution in [2.75, 3.05) is 26.4 Å². The fraction of sp³-hybridized carbons (Fsp3) is 0.333. The minimum atomic E-state index is -0.612. The van der Waals surface area contributed by atoms with Crippen molar-refractivity contribution in [2.24, 2.45) is 5.10 Å². The molecule has 2 aromatic rings. The van der Waals surface area contributed by atoms with Crippen LogP contribution in [0.3, 0.4) is 0 Å². The minimum Gasteiger partial charge on any atom is -0.490 e. The zero-order valence-corrected chi connectivity index (χ0v) is 22.6. The van der Waals surface area contributed by atoms with E-state index in [2.05, 4.69) is 21.2 Å². The third-order valence-corrected chi connectivity index (χ3v) is 5.54. The SMILES string of the molecule is CCOC(=O)C1=C(C)NC(=S)N[C@@H]1c1ccccc1OCC(=O)NN=Cc1ccc(OCC)c(OCC)c1. The van der Waals surface area contributed by atoms with Crippen molar-refractivity contribution >= 4 is 35.4 Å². The van der Waals surface area contributed by atoms with Crippen LogP contribution in [0.25, 0.3) is 0 Å². The number of benzene rings is 2. The molecule has 38 heavy (non-hydrogen) atoms. The summed E-state index contributed by atoms with van der Waals surface area (Å²) in [6, 6.07) is 11.9. The van der Waals surface area contributed by atoms with Gasteiger partial charge in [-0.1, -0.05) is 18.2 Å². The van der Waals surface area contributed by atoms with E-state index in [1.165, 1.54) is 6.21 Å². The summed E-state index contributed by atoms with van der Waals surface area (Å²) in [5.74, 6) is 0.723. The van der Waals surface area contributed by atoms with Crippen LogP contribution in [0.5, 0.6) is 17.2 Å². The Kier molecular flexibility index (Phi) is 10.5. The lowest BCUT2D eigenvalue weighted by molar-refractivity contribution is -0.139. The highest BCUT2D eigenvalue weighted by atomic mass is 32.1. The molecule has 0 aliphatic carbocycles. The summed E-state index contributed by atoms with van der Waals surface area (Å²) in [6.45, 7) is 8.23. The molecule has 0 fully saturated rings. The molecule has 10 nitrogen and oxygen atoms in total. The van der Waals surface area contributed by atoms with E-state index < -0.39 is 17.9 Å². The van der Waals surface area contributed by atoms with Gasteiger partial charge < -0.3 is 29.6 Å². The normalized spacial score (nSPS) is 14.9. The number of hydrogen-bond donors (Lipinski definition) is 3. The maximum Gasteiger partial charge on any atom is 0.338 e. The number of carbonyl (C=O) groups excluding carboxylic acids is 2. The summed E-state index contributed by atoms with van der Waals surface area (Å²) in [5.41, 5.74) is 4.78. The van der Waals surface area contributed by atoms with E-state index in [0.717, 1.165) is 5.56 Å². The van der Waals surface area contributed by atoms with Gasteiger partial charge >= 0.3 is 5.97 Å². The highest BCUT2D eigenvalue weighted by Crippen LogP contribution is 2.33. The quantitative estimate of drug-likeness (QED) is 0.161. The number of nitrogens with zero attached hydrogens (tertiary/aromatic N) is 1. The summed E-state index contributed by atoms with van der Waals surface area (Å²) in [5, 5.41) is 10.4. The second-order valence-corrected chi connectivity index (χ2v) is 8.39. The molecule has 1 aliphatic heterocycles.